The molecule has 1 unspecified atom stereocenters. The summed E-state index contributed by atoms with van der Waals surface area (Å²) >= 11 is 0. The number of rotatable bonds is 2. The molecule has 2 nitrogen and oxygen atoms in total. The minimum Gasteiger partial charge on any atom is -0.463 e. The summed E-state index contributed by atoms with van der Waals surface area (Å²) < 4.78 is 4.87. The van der Waals surface area contributed by atoms with Crippen LogP contribution >= 0.6 is 0 Å². The van der Waals surface area contributed by atoms with E-state index in [2.05, 4.69) is 19.9 Å². The molecule has 0 fully saturated rings. The van der Waals surface area contributed by atoms with E-state index in [0.29, 0.717) is 12.5 Å². The summed E-state index contributed by atoms with van der Waals surface area (Å²) in [6, 6.07) is 0. The fourth-order valence-electron chi connectivity index (χ4n) is 1.89. The molecule has 0 aromatic heterocycles. The van der Waals surface area contributed by atoms with E-state index in [0.717, 1.165) is 18.4 Å². The molecule has 1 rings (SSSR count). The first-order chi connectivity index (χ1) is 6.61. The summed E-state index contributed by atoms with van der Waals surface area (Å²) in [6.07, 6.45) is 5.83. The molecule has 0 bridgehead atoms. The van der Waals surface area contributed by atoms with Crippen molar-refractivity contribution >= 4 is 5.97 Å². The smallest absolute Gasteiger partial charge is 0.331 e. The predicted octanol–water partition coefficient (Wildman–Crippen LogP) is 2.85. The van der Waals surface area contributed by atoms with Gasteiger partial charge in [-0.1, -0.05) is 18.6 Å². The fraction of sp³-hybridized carbons (Fsp3) is 0.583. The van der Waals surface area contributed by atoms with Crippen LogP contribution in [-0.4, -0.2) is 12.6 Å². The number of esters is 1. The van der Waals surface area contributed by atoms with Crippen LogP contribution in [0.5, 0.6) is 0 Å². The van der Waals surface area contributed by atoms with E-state index in [-0.39, 0.29) is 5.97 Å². The predicted molar refractivity (Wildman–Crippen MR) is 56.9 cm³/mol. The second kappa shape index (κ2) is 4.99. The summed E-state index contributed by atoms with van der Waals surface area (Å²) in [5, 5.41) is 0. The number of ether oxygens (including phenoxy) is 1. The highest BCUT2D eigenvalue weighted by Gasteiger charge is 2.12. The Balaban J connectivity index is 2.67. The van der Waals surface area contributed by atoms with Crippen LogP contribution < -0.4 is 0 Å². The molecule has 1 aliphatic rings. The molecular weight excluding hydrogens is 176 g/mol. The van der Waals surface area contributed by atoms with Gasteiger partial charge in [0.05, 0.1) is 6.61 Å². The Morgan fingerprint density at radius 1 is 1.64 bits per heavy atom. The third-order valence-electron chi connectivity index (χ3n) is 2.28. The van der Waals surface area contributed by atoms with Crippen molar-refractivity contribution in [3.8, 4) is 0 Å². The number of hydrogen-bond acceptors (Lipinski definition) is 2. The van der Waals surface area contributed by atoms with Crippen molar-refractivity contribution in [2.45, 2.75) is 33.6 Å². The first-order valence-corrected chi connectivity index (χ1v) is 5.16. The van der Waals surface area contributed by atoms with E-state index in [1.165, 1.54) is 5.57 Å². The molecule has 0 aliphatic heterocycles. The standard InChI is InChI=1S/C12H18O2/c1-4-14-12(13)8-11-6-9(2)5-10(3)7-11/h6,8,10H,4-5,7H2,1-3H3. The molecule has 0 amide bonds. The van der Waals surface area contributed by atoms with Crippen molar-refractivity contribution in [2.75, 3.05) is 6.61 Å². The van der Waals surface area contributed by atoms with Crippen molar-refractivity contribution in [3.05, 3.63) is 23.3 Å². The van der Waals surface area contributed by atoms with Gasteiger partial charge in [0.25, 0.3) is 0 Å². The molecule has 0 saturated carbocycles. The number of carbonyl (C=O) groups excluding carboxylic acids is 1. The van der Waals surface area contributed by atoms with Crippen molar-refractivity contribution in [1.29, 1.82) is 0 Å². The van der Waals surface area contributed by atoms with Crippen molar-refractivity contribution in [3.63, 3.8) is 0 Å². The SMILES string of the molecule is CCOC(=O)C=C1C=C(C)CC(C)C1. The van der Waals surface area contributed by atoms with Crippen molar-refractivity contribution in [1.82, 2.24) is 0 Å². The third-order valence-corrected chi connectivity index (χ3v) is 2.28. The van der Waals surface area contributed by atoms with Crippen LogP contribution in [0.25, 0.3) is 0 Å². The van der Waals surface area contributed by atoms with Gasteiger partial charge in [0.2, 0.25) is 0 Å². The van der Waals surface area contributed by atoms with Gasteiger partial charge in [-0.05, 0) is 38.2 Å². The van der Waals surface area contributed by atoms with Crippen molar-refractivity contribution in [2.24, 2.45) is 5.92 Å². The Bertz CT molecular complexity index is 274. The summed E-state index contributed by atoms with van der Waals surface area (Å²) in [7, 11) is 0. The monoisotopic (exact) mass is 194 g/mol. The largest absolute Gasteiger partial charge is 0.463 e. The number of allylic oxidation sites excluding steroid dienone is 3. The first kappa shape index (κ1) is 11.0. The lowest BCUT2D eigenvalue weighted by Crippen LogP contribution is -2.06. The summed E-state index contributed by atoms with van der Waals surface area (Å²) in [5.41, 5.74) is 2.44. The molecule has 0 radical (unpaired) electrons. The maximum atomic E-state index is 11.2. The summed E-state index contributed by atoms with van der Waals surface area (Å²) in [5.74, 6) is 0.418. The molecule has 0 spiro atoms. The Labute approximate surface area is 85.6 Å². The van der Waals surface area contributed by atoms with Crippen molar-refractivity contribution < 1.29 is 9.53 Å². The van der Waals surface area contributed by atoms with Crippen LogP contribution in [0.3, 0.4) is 0 Å². The number of carbonyl (C=O) groups is 1. The molecule has 1 aliphatic carbocycles. The highest BCUT2D eigenvalue weighted by molar-refractivity contribution is 5.83. The van der Waals surface area contributed by atoms with Crippen LogP contribution in [0.4, 0.5) is 0 Å². The van der Waals surface area contributed by atoms with Gasteiger partial charge >= 0.3 is 5.97 Å². The topological polar surface area (TPSA) is 26.3 Å². The molecule has 78 valence electrons. The van der Waals surface area contributed by atoms with Gasteiger partial charge in [-0.2, -0.15) is 0 Å². The van der Waals surface area contributed by atoms with Crippen LogP contribution in [0.15, 0.2) is 23.3 Å². The Kier molecular flexibility index (Phi) is 3.93. The second-order valence-electron chi connectivity index (χ2n) is 3.98. The van der Waals surface area contributed by atoms with Crippen LogP contribution in [-0.2, 0) is 9.53 Å². The fourth-order valence-corrected chi connectivity index (χ4v) is 1.89. The Morgan fingerprint density at radius 2 is 2.36 bits per heavy atom. The third kappa shape index (κ3) is 3.36. The van der Waals surface area contributed by atoms with E-state index in [1.54, 1.807) is 6.08 Å². The van der Waals surface area contributed by atoms with Crippen LogP contribution in [0, 0.1) is 5.92 Å². The minimum atomic E-state index is -0.222. The number of hydrogen-bond donors (Lipinski definition) is 0. The zero-order valence-corrected chi connectivity index (χ0v) is 9.17. The van der Waals surface area contributed by atoms with E-state index in [4.69, 9.17) is 4.74 Å². The van der Waals surface area contributed by atoms with Gasteiger partial charge in [0.1, 0.15) is 0 Å². The lowest BCUT2D eigenvalue weighted by atomic mass is 9.88. The van der Waals surface area contributed by atoms with Gasteiger partial charge in [-0.25, -0.2) is 4.79 Å². The van der Waals surface area contributed by atoms with E-state index >= 15 is 0 Å². The normalized spacial score (nSPS) is 24.6. The average molecular weight is 194 g/mol. The van der Waals surface area contributed by atoms with Gasteiger partial charge in [0.15, 0.2) is 0 Å². The molecule has 0 saturated heterocycles. The maximum absolute atomic E-state index is 11.2. The lowest BCUT2D eigenvalue weighted by molar-refractivity contribution is -0.137. The van der Waals surface area contributed by atoms with E-state index in [9.17, 15) is 4.79 Å². The summed E-state index contributed by atoms with van der Waals surface area (Å²) in [6.45, 7) is 6.58. The Morgan fingerprint density at radius 3 is 2.93 bits per heavy atom. The molecule has 14 heavy (non-hydrogen) atoms. The van der Waals surface area contributed by atoms with Crippen LogP contribution in [0.2, 0.25) is 0 Å². The minimum absolute atomic E-state index is 0.222. The molecule has 1 atom stereocenters. The van der Waals surface area contributed by atoms with E-state index in [1.807, 2.05) is 6.92 Å². The average Bonchev–Trinajstić information content (AvgIpc) is 2.01. The second-order valence-corrected chi connectivity index (χ2v) is 3.98. The molecule has 0 heterocycles. The van der Waals surface area contributed by atoms with Gasteiger partial charge < -0.3 is 4.74 Å². The maximum Gasteiger partial charge on any atom is 0.331 e. The zero-order chi connectivity index (χ0) is 10.6. The summed E-state index contributed by atoms with van der Waals surface area (Å²) in [4.78, 5) is 11.2. The molecule has 0 N–H and O–H groups in total. The molecule has 0 aromatic rings. The van der Waals surface area contributed by atoms with Crippen LogP contribution in [0.1, 0.15) is 33.6 Å². The highest BCUT2D eigenvalue weighted by atomic mass is 16.5. The van der Waals surface area contributed by atoms with Gasteiger partial charge in [0, 0.05) is 6.08 Å². The van der Waals surface area contributed by atoms with Gasteiger partial charge in [-0.15, -0.1) is 0 Å². The van der Waals surface area contributed by atoms with Gasteiger partial charge in [-0.3, -0.25) is 0 Å². The molecular formula is C12H18O2. The molecule has 2 heteroatoms. The highest BCUT2D eigenvalue weighted by Crippen LogP contribution is 2.26. The lowest BCUT2D eigenvalue weighted by Gasteiger charge is -2.18. The quantitative estimate of drug-likeness (QED) is 0.499. The van der Waals surface area contributed by atoms with E-state index < -0.39 is 0 Å². The first-order valence-electron chi connectivity index (χ1n) is 5.16. The zero-order valence-electron chi connectivity index (χ0n) is 9.17. The molecule has 0 aromatic carbocycles. The Hall–Kier alpha value is -1.05.